The Morgan fingerprint density at radius 1 is 0.789 bits per heavy atom. The van der Waals surface area contributed by atoms with Gasteiger partial charge in [-0.3, -0.25) is 4.79 Å². The number of carbonyl (C=O) groups excluding carboxylic acids is 1. The van der Waals surface area contributed by atoms with Crippen LogP contribution in [-0.2, 0) is 4.79 Å². The quantitative estimate of drug-likeness (QED) is 0.514. The van der Waals surface area contributed by atoms with E-state index < -0.39 is 0 Å². The number of ketones is 1. The molecule has 0 aliphatic heterocycles. The highest BCUT2D eigenvalue weighted by Gasteiger charge is 2.24. The minimum Gasteiger partial charge on any atom is -0.300 e. The molecule has 0 heterocycles. The van der Waals surface area contributed by atoms with Crippen molar-refractivity contribution in [2.45, 2.75) is 86.0 Å². The summed E-state index contributed by atoms with van der Waals surface area (Å²) < 4.78 is 0. The van der Waals surface area contributed by atoms with Crippen LogP contribution in [0.15, 0.2) is 11.6 Å². The number of carbonyl (C=O) groups is 1. The molecule has 2 fully saturated rings. The van der Waals surface area contributed by atoms with Gasteiger partial charge < -0.3 is 0 Å². The van der Waals surface area contributed by atoms with Crippen molar-refractivity contribution in [2.24, 2.45) is 10.8 Å². The van der Waals surface area contributed by atoms with Gasteiger partial charge >= 0.3 is 0 Å². The molecule has 1 heteroatoms. The fourth-order valence-corrected chi connectivity index (χ4v) is 2.74. The molecule has 2 aliphatic carbocycles. The van der Waals surface area contributed by atoms with Crippen LogP contribution in [0.25, 0.3) is 0 Å². The first-order chi connectivity index (χ1) is 8.74. The number of hydrogen-bond donors (Lipinski definition) is 0. The van der Waals surface area contributed by atoms with Crippen LogP contribution in [0.3, 0.4) is 0 Å². The molecule has 0 radical (unpaired) electrons. The van der Waals surface area contributed by atoms with E-state index in [0.717, 1.165) is 25.7 Å². The first-order valence-electron chi connectivity index (χ1n) is 7.90. The maximum absolute atomic E-state index is 10.8. The van der Waals surface area contributed by atoms with Crippen molar-refractivity contribution < 1.29 is 4.79 Å². The van der Waals surface area contributed by atoms with Gasteiger partial charge in [0.15, 0.2) is 0 Å². The molecule has 110 valence electrons. The molecule has 0 saturated heterocycles. The van der Waals surface area contributed by atoms with Gasteiger partial charge in [-0.15, -0.1) is 0 Å². The standard InChI is InChI=1S/C10H18.C8H14O/c1-4-9-5-7-10(2,3)8-6-9;1-8(2)5-3-7(9)4-6-8/h4H,5-8H2,1-3H3;3-6H2,1-2H3. The van der Waals surface area contributed by atoms with Gasteiger partial charge in [0.25, 0.3) is 0 Å². The van der Waals surface area contributed by atoms with E-state index in [-0.39, 0.29) is 0 Å². The molecular formula is C18H32O. The first kappa shape index (κ1) is 16.5. The second kappa shape index (κ2) is 6.72. The zero-order chi connectivity index (χ0) is 14.5. The lowest BCUT2D eigenvalue weighted by atomic mass is 9.75. The third-order valence-electron chi connectivity index (χ3n) is 4.82. The van der Waals surface area contributed by atoms with E-state index in [1.807, 2.05) is 0 Å². The summed E-state index contributed by atoms with van der Waals surface area (Å²) in [5, 5.41) is 0. The van der Waals surface area contributed by atoms with Gasteiger partial charge in [0.05, 0.1) is 0 Å². The third kappa shape index (κ3) is 6.40. The predicted octanol–water partition coefficient (Wildman–Crippen LogP) is 5.69. The Morgan fingerprint density at radius 3 is 1.47 bits per heavy atom. The molecule has 2 saturated carbocycles. The summed E-state index contributed by atoms with van der Waals surface area (Å²) in [6.07, 6.45) is 11.5. The SMILES string of the molecule is CC1(C)CCC(=O)CC1.CC=C1CCC(C)(C)CC1. The number of rotatable bonds is 0. The van der Waals surface area contributed by atoms with Crippen LogP contribution in [0.2, 0.25) is 0 Å². The van der Waals surface area contributed by atoms with Crippen molar-refractivity contribution >= 4 is 5.78 Å². The zero-order valence-corrected chi connectivity index (χ0v) is 13.6. The monoisotopic (exact) mass is 264 g/mol. The average Bonchev–Trinajstić information content (AvgIpc) is 2.34. The zero-order valence-electron chi connectivity index (χ0n) is 13.6. The van der Waals surface area contributed by atoms with Crippen molar-refractivity contribution in [2.75, 3.05) is 0 Å². The van der Waals surface area contributed by atoms with Crippen molar-refractivity contribution in [1.82, 2.24) is 0 Å². The highest BCUT2D eigenvalue weighted by Crippen LogP contribution is 2.37. The highest BCUT2D eigenvalue weighted by molar-refractivity contribution is 5.79. The summed E-state index contributed by atoms with van der Waals surface area (Å²) in [4.78, 5) is 10.8. The second-order valence-electron chi connectivity index (χ2n) is 7.81. The van der Waals surface area contributed by atoms with E-state index >= 15 is 0 Å². The smallest absolute Gasteiger partial charge is 0.132 e. The van der Waals surface area contributed by atoms with Crippen LogP contribution in [0.5, 0.6) is 0 Å². The maximum Gasteiger partial charge on any atom is 0.132 e. The average molecular weight is 264 g/mol. The highest BCUT2D eigenvalue weighted by atomic mass is 16.1. The molecule has 0 bridgehead atoms. The van der Waals surface area contributed by atoms with Crippen molar-refractivity contribution in [3.8, 4) is 0 Å². The molecule has 19 heavy (non-hydrogen) atoms. The van der Waals surface area contributed by atoms with Crippen LogP contribution in [-0.4, -0.2) is 5.78 Å². The Hall–Kier alpha value is -0.590. The molecule has 1 nitrogen and oxygen atoms in total. The van der Waals surface area contributed by atoms with Crippen molar-refractivity contribution in [3.05, 3.63) is 11.6 Å². The number of allylic oxidation sites excluding steroid dienone is 2. The summed E-state index contributed by atoms with van der Waals surface area (Å²) in [5.74, 6) is 0.453. The summed E-state index contributed by atoms with van der Waals surface area (Å²) in [6, 6.07) is 0. The van der Waals surface area contributed by atoms with Gasteiger partial charge in [-0.2, -0.15) is 0 Å². The van der Waals surface area contributed by atoms with E-state index in [4.69, 9.17) is 0 Å². The Bertz CT molecular complexity index is 310. The number of Topliss-reactive ketones (excluding diaryl/α,β-unsaturated/α-hetero) is 1. The van der Waals surface area contributed by atoms with Crippen LogP contribution in [0.4, 0.5) is 0 Å². The van der Waals surface area contributed by atoms with Crippen LogP contribution < -0.4 is 0 Å². The Morgan fingerprint density at radius 2 is 1.16 bits per heavy atom. The molecular weight excluding hydrogens is 232 g/mol. The molecule has 0 aromatic rings. The minimum absolute atomic E-state index is 0.438. The van der Waals surface area contributed by atoms with Gasteiger partial charge in [-0.25, -0.2) is 0 Å². The minimum atomic E-state index is 0.438. The molecule has 0 unspecified atom stereocenters. The fourth-order valence-electron chi connectivity index (χ4n) is 2.74. The summed E-state index contributed by atoms with van der Waals surface area (Å²) in [7, 11) is 0. The molecule has 2 aliphatic rings. The van der Waals surface area contributed by atoms with Crippen LogP contribution in [0.1, 0.15) is 86.0 Å². The predicted molar refractivity (Wildman–Crippen MR) is 83.3 cm³/mol. The molecule has 0 spiro atoms. The molecule has 0 N–H and O–H groups in total. The summed E-state index contributed by atoms with van der Waals surface area (Å²) in [6.45, 7) is 11.4. The van der Waals surface area contributed by atoms with Gasteiger partial charge in [0, 0.05) is 12.8 Å². The van der Waals surface area contributed by atoms with Crippen molar-refractivity contribution in [1.29, 1.82) is 0 Å². The number of hydrogen-bond acceptors (Lipinski definition) is 1. The Labute approximate surface area is 119 Å². The van der Waals surface area contributed by atoms with E-state index in [1.54, 1.807) is 5.57 Å². The molecule has 0 amide bonds. The van der Waals surface area contributed by atoms with Crippen LogP contribution >= 0.6 is 0 Å². The Balaban J connectivity index is 0.000000191. The topological polar surface area (TPSA) is 17.1 Å². The van der Waals surface area contributed by atoms with E-state index in [9.17, 15) is 4.79 Å². The first-order valence-corrected chi connectivity index (χ1v) is 7.90. The molecule has 0 aromatic carbocycles. The Kier molecular flexibility index (Phi) is 5.82. The lowest BCUT2D eigenvalue weighted by molar-refractivity contribution is -0.121. The molecule has 0 aromatic heterocycles. The van der Waals surface area contributed by atoms with E-state index in [2.05, 4.69) is 40.7 Å². The van der Waals surface area contributed by atoms with Crippen LogP contribution in [0, 0.1) is 10.8 Å². The van der Waals surface area contributed by atoms with Gasteiger partial charge in [0.2, 0.25) is 0 Å². The molecule has 0 atom stereocenters. The van der Waals surface area contributed by atoms with Gasteiger partial charge in [-0.1, -0.05) is 39.3 Å². The van der Waals surface area contributed by atoms with Gasteiger partial charge in [0.1, 0.15) is 5.78 Å². The fraction of sp³-hybridized carbons (Fsp3) is 0.833. The normalized spacial score (nSPS) is 25.3. The summed E-state index contributed by atoms with van der Waals surface area (Å²) >= 11 is 0. The second-order valence-corrected chi connectivity index (χ2v) is 7.81. The maximum atomic E-state index is 10.8. The third-order valence-corrected chi connectivity index (χ3v) is 4.82. The van der Waals surface area contributed by atoms with Gasteiger partial charge in [-0.05, 0) is 56.3 Å². The lowest BCUT2D eigenvalue weighted by Gasteiger charge is -2.30. The lowest BCUT2D eigenvalue weighted by Crippen LogP contribution is -2.20. The molecule has 2 rings (SSSR count). The summed E-state index contributed by atoms with van der Waals surface area (Å²) in [5.41, 5.74) is 2.72. The van der Waals surface area contributed by atoms with E-state index in [0.29, 0.717) is 16.6 Å². The van der Waals surface area contributed by atoms with E-state index in [1.165, 1.54) is 25.7 Å². The largest absolute Gasteiger partial charge is 0.300 e. The van der Waals surface area contributed by atoms with Crippen molar-refractivity contribution in [3.63, 3.8) is 0 Å².